The molecule has 0 spiro atoms. The lowest BCUT2D eigenvalue weighted by molar-refractivity contribution is -0.140. The second-order valence-electron chi connectivity index (χ2n) is 10.2. The molecule has 0 heterocycles. The van der Waals surface area contributed by atoms with E-state index in [2.05, 4.69) is 5.32 Å². The van der Waals surface area contributed by atoms with Gasteiger partial charge in [0.1, 0.15) is 24.2 Å². The van der Waals surface area contributed by atoms with Gasteiger partial charge in [-0.15, -0.1) is 0 Å². The van der Waals surface area contributed by atoms with E-state index >= 15 is 0 Å². The number of benzene rings is 3. The van der Waals surface area contributed by atoms with Crippen LogP contribution in [0.4, 0.5) is 14.5 Å². The van der Waals surface area contributed by atoms with Crippen molar-refractivity contribution in [2.75, 3.05) is 10.8 Å². The topological polar surface area (TPSA) is 86.8 Å². The van der Waals surface area contributed by atoms with Crippen molar-refractivity contribution in [1.29, 1.82) is 0 Å². The highest BCUT2D eigenvalue weighted by molar-refractivity contribution is 7.92. The van der Waals surface area contributed by atoms with Crippen LogP contribution in [0, 0.1) is 11.6 Å². The predicted octanol–water partition coefficient (Wildman–Crippen LogP) is 5.42. The van der Waals surface area contributed by atoms with Crippen molar-refractivity contribution in [3.63, 3.8) is 0 Å². The average Bonchev–Trinajstić information content (AvgIpc) is 2.98. The van der Waals surface area contributed by atoms with Gasteiger partial charge in [-0.2, -0.15) is 0 Å². The Bertz CT molecular complexity index is 1410. The summed E-state index contributed by atoms with van der Waals surface area (Å²) in [5.41, 5.74) is 0.836. The van der Waals surface area contributed by atoms with Gasteiger partial charge in [0.25, 0.3) is 10.0 Å². The number of hydrogen-bond donors (Lipinski definition) is 1. The first-order valence-electron chi connectivity index (χ1n) is 13.9. The van der Waals surface area contributed by atoms with Crippen LogP contribution in [0.2, 0.25) is 0 Å². The second-order valence-corrected chi connectivity index (χ2v) is 12.1. The Labute approximate surface area is 240 Å². The lowest BCUT2D eigenvalue weighted by Crippen LogP contribution is -2.54. The lowest BCUT2D eigenvalue weighted by atomic mass is 9.95. The van der Waals surface area contributed by atoms with Gasteiger partial charge in [0.2, 0.25) is 11.8 Å². The Kier molecular flexibility index (Phi) is 10.1. The van der Waals surface area contributed by atoms with Crippen molar-refractivity contribution in [2.24, 2.45) is 0 Å². The molecule has 0 unspecified atom stereocenters. The highest BCUT2D eigenvalue weighted by Crippen LogP contribution is 2.25. The minimum atomic E-state index is -4.28. The Morgan fingerprint density at radius 1 is 0.878 bits per heavy atom. The van der Waals surface area contributed by atoms with Crippen molar-refractivity contribution in [1.82, 2.24) is 10.2 Å². The van der Waals surface area contributed by atoms with E-state index in [9.17, 15) is 26.8 Å². The number of sulfonamides is 1. The second kappa shape index (κ2) is 13.7. The van der Waals surface area contributed by atoms with E-state index in [4.69, 9.17) is 0 Å². The number of anilines is 1. The van der Waals surface area contributed by atoms with E-state index in [1.807, 2.05) is 0 Å². The summed E-state index contributed by atoms with van der Waals surface area (Å²) < 4.78 is 55.7. The number of carbonyl (C=O) groups excluding carboxylic acids is 2. The van der Waals surface area contributed by atoms with Gasteiger partial charge in [-0.1, -0.05) is 56.5 Å². The van der Waals surface area contributed by atoms with Crippen LogP contribution in [0.1, 0.15) is 51.0 Å². The summed E-state index contributed by atoms with van der Waals surface area (Å²) in [6, 6.07) is 17.3. The zero-order chi connectivity index (χ0) is 29.4. The van der Waals surface area contributed by atoms with Gasteiger partial charge >= 0.3 is 0 Å². The van der Waals surface area contributed by atoms with Crippen molar-refractivity contribution in [3.05, 3.63) is 96.1 Å². The van der Waals surface area contributed by atoms with E-state index in [1.54, 1.807) is 37.3 Å². The Balaban J connectivity index is 1.68. The average molecular weight is 584 g/mol. The fraction of sp³-hybridized carbons (Fsp3) is 0.355. The Morgan fingerprint density at radius 2 is 1.46 bits per heavy atom. The summed E-state index contributed by atoms with van der Waals surface area (Å²) in [4.78, 5) is 28.7. The minimum Gasteiger partial charge on any atom is -0.352 e. The SMILES string of the molecule is CC[C@@H](C(=O)NC1CCCCC1)N(Cc1ccc(F)cc1)C(=O)CN(c1ccccc1)S(=O)(=O)c1ccc(F)cc1. The number of nitrogens with zero attached hydrogens (tertiary/aromatic N) is 2. The summed E-state index contributed by atoms with van der Waals surface area (Å²) in [5.74, 6) is -1.93. The molecular weight excluding hydrogens is 548 g/mol. The lowest BCUT2D eigenvalue weighted by Gasteiger charge is -2.34. The fourth-order valence-electron chi connectivity index (χ4n) is 5.11. The van der Waals surface area contributed by atoms with Crippen molar-refractivity contribution >= 4 is 27.5 Å². The summed E-state index contributed by atoms with van der Waals surface area (Å²) >= 11 is 0. The molecule has 0 bridgehead atoms. The standard InChI is InChI=1S/C31H35F2N3O4S/c1-2-29(31(38)34-26-9-5-3-6-10-26)35(21-23-13-15-24(32)16-14-23)30(37)22-36(27-11-7-4-8-12-27)41(39,40)28-19-17-25(33)18-20-28/h4,7-8,11-20,26,29H,2-3,5-6,9-10,21-22H2,1H3,(H,34,38)/t29-/m0/s1. The van der Waals surface area contributed by atoms with Gasteiger partial charge in [0.05, 0.1) is 10.6 Å². The molecule has 3 aromatic rings. The number of hydrogen-bond acceptors (Lipinski definition) is 4. The van der Waals surface area contributed by atoms with E-state index in [1.165, 1.54) is 29.2 Å². The van der Waals surface area contributed by atoms with Gasteiger partial charge < -0.3 is 10.2 Å². The summed E-state index contributed by atoms with van der Waals surface area (Å²) in [6.45, 7) is 1.17. The fourth-order valence-corrected chi connectivity index (χ4v) is 6.52. The summed E-state index contributed by atoms with van der Waals surface area (Å²) in [6.07, 6.45) is 5.19. The summed E-state index contributed by atoms with van der Waals surface area (Å²) in [7, 11) is -4.28. The molecule has 41 heavy (non-hydrogen) atoms. The molecule has 0 saturated heterocycles. The molecule has 1 saturated carbocycles. The molecule has 1 N–H and O–H groups in total. The largest absolute Gasteiger partial charge is 0.352 e. The number of carbonyl (C=O) groups is 2. The third kappa shape index (κ3) is 7.70. The third-order valence-electron chi connectivity index (χ3n) is 7.33. The molecule has 4 rings (SSSR count). The van der Waals surface area contributed by atoms with Gasteiger partial charge in [-0.25, -0.2) is 17.2 Å². The van der Waals surface area contributed by atoms with E-state index in [-0.39, 0.29) is 29.1 Å². The molecule has 2 amide bonds. The molecule has 1 atom stereocenters. The maximum atomic E-state index is 14.0. The van der Waals surface area contributed by atoms with Crippen molar-refractivity contribution in [2.45, 2.75) is 69.0 Å². The van der Waals surface area contributed by atoms with Gasteiger partial charge in [-0.05, 0) is 73.4 Å². The molecule has 1 aliphatic carbocycles. The molecule has 1 aliphatic rings. The Hall–Kier alpha value is -3.79. The minimum absolute atomic E-state index is 0.0189. The maximum absolute atomic E-state index is 14.0. The summed E-state index contributed by atoms with van der Waals surface area (Å²) in [5, 5.41) is 3.09. The van der Waals surface area contributed by atoms with Crippen LogP contribution in [0.3, 0.4) is 0 Å². The van der Waals surface area contributed by atoms with Gasteiger partial charge in [0.15, 0.2) is 0 Å². The Morgan fingerprint density at radius 3 is 2.05 bits per heavy atom. The number of amides is 2. The molecule has 7 nitrogen and oxygen atoms in total. The van der Waals surface area contributed by atoms with E-state index in [0.717, 1.165) is 60.7 Å². The zero-order valence-corrected chi connectivity index (χ0v) is 23.8. The molecule has 218 valence electrons. The molecule has 0 aromatic heterocycles. The first-order chi connectivity index (χ1) is 19.7. The van der Waals surface area contributed by atoms with Crippen LogP contribution in [0.25, 0.3) is 0 Å². The van der Waals surface area contributed by atoms with Crippen LogP contribution in [-0.4, -0.2) is 43.8 Å². The van der Waals surface area contributed by atoms with Crippen LogP contribution in [-0.2, 0) is 26.2 Å². The van der Waals surface area contributed by atoms with E-state index in [0.29, 0.717) is 12.0 Å². The number of rotatable bonds is 11. The maximum Gasteiger partial charge on any atom is 0.264 e. The molecule has 0 aliphatic heterocycles. The van der Waals surface area contributed by atoms with E-state index < -0.39 is 40.2 Å². The molecule has 1 fully saturated rings. The quantitative estimate of drug-likeness (QED) is 0.327. The monoisotopic (exact) mass is 583 g/mol. The molecule has 3 aromatic carbocycles. The third-order valence-corrected chi connectivity index (χ3v) is 9.12. The van der Waals surface area contributed by atoms with Crippen LogP contribution < -0.4 is 9.62 Å². The predicted molar refractivity (Wildman–Crippen MR) is 153 cm³/mol. The molecule has 0 radical (unpaired) electrons. The van der Waals surface area contributed by atoms with Crippen molar-refractivity contribution in [3.8, 4) is 0 Å². The highest BCUT2D eigenvalue weighted by Gasteiger charge is 2.34. The van der Waals surface area contributed by atoms with Crippen LogP contribution in [0.5, 0.6) is 0 Å². The number of halogens is 2. The van der Waals surface area contributed by atoms with Gasteiger partial charge in [0, 0.05) is 12.6 Å². The molecule has 10 heteroatoms. The van der Waals surface area contributed by atoms with Gasteiger partial charge in [-0.3, -0.25) is 13.9 Å². The normalized spacial score (nSPS) is 14.7. The first kappa shape index (κ1) is 30.2. The first-order valence-corrected chi connectivity index (χ1v) is 15.3. The molecular formula is C31H35F2N3O4S. The van der Waals surface area contributed by atoms with Crippen LogP contribution >= 0.6 is 0 Å². The number of para-hydroxylation sites is 1. The zero-order valence-electron chi connectivity index (χ0n) is 23.0. The highest BCUT2D eigenvalue weighted by atomic mass is 32.2. The number of nitrogens with one attached hydrogen (secondary N) is 1. The van der Waals surface area contributed by atoms with Crippen LogP contribution in [0.15, 0.2) is 83.8 Å². The smallest absolute Gasteiger partial charge is 0.264 e. The van der Waals surface area contributed by atoms with Crippen molar-refractivity contribution < 1.29 is 26.8 Å².